The molecule has 0 fully saturated rings. The van der Waals surface area contributed by atoms with Gasteiger partial charge in [0, 0.05) is 13.5 Å². The molecule has 0 bridgehead atoms. The third-order valence-corrected chi connectivity index (χ3v) is 3.61. The Bertz CT molecular complexity index is 394. The molecule has 1 unspecified atom stereocenters. The van der Waals surface area contributed by atoms with Crippen LogP contribution in [0.1, 0.15) is 44.7 Å². The molecule has 1 rings (SSSR count). The average Bonchev–Trinajstić information content (AvgIpc) is 2.36. The van der Waals surface area contributed by atoms with Crippen molar-refractivity contribution in [1.82, 2.24) is 0 Å². The third-order valence-electron chi connectivity index (χ3n) is 3.61. The molecular formula is C17H29NO2. The lowest BCUT2D eigenvalue weighted by molar-refractivity contribution is -0.0375. The van der Waals surface area contributed by atoms with Crippen LogP contribution in [0.25, 0.3) is 0 Å². The van der Waals surface area contributed by atoms with Crippen LogP contribution in [0.15, 0.2) is 24.3 Å². The SMILES string of the molecule is COCC(O)(CCCN)Cc1ccc(C(C)(C)C)cc1. The highest BCUT2D eigenvalue weighted by Crippen LogP contribution is 2.24. The summed E-state index contributed by atoms with van der Waals surface area (Å²) in [4.78, 5) is 0. The number of ether oxygens (including phenoxy) is 1. The Hall–Kier alpha value is -0.900. The molecule has 0 spiro atoms. The van der Waals surface area contributed by atoms with Crippen molar-refractivity contribution in [1.29, 1.82) is 0 Å². The van der Waals surface area contributed by atoms with E-state index >= 15 is 0 Å². The molecule has 1 atom stereocenters. The summed E-state index contributed by atoms with van der Waals surface area (Å²) < 4.78 is 5.16. The predicted octanol–water partition coefficient (Wildman–Crippen LogP) is 2.64. The summed E-state index contributed by atoms with van der Waals surface area (Å²) in [7, 11) is 1.62. The van der Waals surface area contributed by atoms with E-state index in [2.05, 4.69) is 45.0 Å². The molecule has 3 heteroatoms. The molecule has 0 aliphatic rings. The Labute approximate surface area is 123 Å². The minimum absolute atomic E-state index is 0.154. The van der Waals surface area contributed by atoms with Crippen molar-refractivity contribution in [3.05, 3.63) is 35.4 Å². The topological polar surface area (TPSA) is 55.5 Å². The smallest absolute Gasteiger partial charge is 0.0920 e. The predicted molar refractivity (Wildman–Crippen MR) is 84.0 cm³/mol. The summed E-state index contributed by atoms with van der Waals surface area (Å²) >= 11 is 0. The van der Waals surface area contributed by atoms with Gasteiger partial charge in [-0.15, -0.1) is 0 Å². The van der Waals surface area contributed by atoms with Crippen LogP contribution in [-0.2, 0) is 16.6 Å². The number of nitrogens with two attached hydrogens (primary N) is 1. The highest BCUT2D eigenvalue weighted by Gasteiger charge is 2.26. The highest BCUT2D eigenvalue weighted by atomic mass is 16.5. The van der Waals surface area contributed by atoms with E-state index in [1.54, 1.807) is 7.11 Å². The van der Waals surface area contributed by atoms with Crippen molar-refractivity contribution in [2.24, 2.45) is 5.73 Å². The van der Waals surface area contributed by atoms with E-state index in [1.165, 1.54) is 5.56 Å². The second-order valence-electron chi connectivity index (χ2n) is 6.67. The Morgan fingerprint density at radius 2 is 1.75 bits per heavy atom. The summed E-state index contributed by atoms with van der Waals surface area (Å²) in [5.41, 5.74) is 7.31. The first-order valence-electron chi connectivity index (χ1n) is 7.31. The molecule has 0 heterocycles. The molecule has 1 aromatic carbocycles. The van der Waals surface area contributed by atoms with Crippen LogP contribution in [0, 0.1) is 0 Å². The van der Waals surface area contributed by atoms with Crippen LogP contribution in [0.4, 0.5) is 0 Å². The van der Waals surface area contributed by atoms with Crippen molar-refractivity contribution in [2.75, 3.05) is 20.3 Å². The molecule has 0 saturated carbocycles. The molecule has 0 amide bonds. The zero-order valence-electron chi connectivity index (χ0n) is 13.3. The zero-order valence-corrected chi connectivity index (χ0v) is 13.3. The van der Waals surface area contributed by atoms with Crippen LogP contribution in [0.3, 0.4) is 0 Å². The molecule has 0 aromatic heterocycles. The standard InChI is InChI=1S/C17H29NO2/c1-16(2,3)15-8-6-14(7-9-15)12-17(19,13-20-4)10-5-11-18/h6-9,19H,5,10-13,18H2,1-4H3. The monoisotopic (exact) mass is 279 g/mol. The van der Waals surface area contributed by atoms with Crippen LogP contribution < -0.4 is 5.73 Å². The quantitative estimate of drug-likeness (QED) is 0.807. The molecule has 114 valence electrons. The van der Waals surface area contributed by atoms with Crippen LogP contribution in [-0.4, -0.2) is 31.0 Å². The molecule has 0 radical (unpaired) electrons. The van der Waals surface area contributed by atoms with Gasteiger partial charge in [-0.25, -0.2) is 0 Å². The summed E-state index contributed by atoms with van der Waals surface area (Å²) in [5.74, 6) is 0. The van der Waals surface area contributed by atoms with Gasteiger partial charge in [-0.1, -0.05) is 45.0 Å². The fraction of sp³-hybridized carbons (Fsp3) is 0.647. The molecule has 0 saturated heterocycles. The van der Waals surface area contributed by atoms with Gasteiger partial charge in [-0.2, -0.15) is 0 Å². The summed E-state index contributed by atoms with van der Waals surface area (Å²) in [6, 6.07) is 8.49. The maximum absolute atomic E-state index is 10.6. The number of benzene rings is 1. The molecule has 3 nitrogen and oxygen atoms in total. The second-order valence-corrected chi connectivity index (χ2v) is 6.67. The van der Waals surface area contributed by atoms with Gasteiger partial charge < -0.3 is 15.6 Å². The number of hydrogen-bond donors (Lipinski definition) is 2. The Morgan fingerprint density at radius 1 is 1.15 bits per heavy atom. The lowest BCUT2D eigenvalue weighted by Crippen LogP contribution is -2.37. The van der Waals surface area contributed by atoms with Crippen molar-refractivity contribution < 1.29 is 9.84 Å². The Kier molecular flexibility index (Phi) is 6.18. The van der Waals surface area contributed by atoms with Gasteiger partial charge in [0.05, 0.1) is 12.2 Å². The van der Waals surface area contributed by atoms with Gasteiger partial charge in [0.15, 0.2) is 0 Å². The van der Waals surface area contributed by atoms with Gasteiger partial charge >= 0.3 is 0 Å². The first-order valence-corrected chi connectivity index (χ1v) is 7.31. The summed E-state index contributed by atoms with van der Waals surface area (Å²) in [6.45, 7) is 7.53. The van der Waals surface area contributed by atoms with E-state index in [9.17, 15) is 5.11 Å². The normalized spacial score (nSPS) is 15.1. The number of hydrogen-bond acceptors (Lipinski definition) is 3. The van der Waals surface area contributed by atoms with E-state index in [-0.39, 0.29) is 5.41 Å². The largest absolute Gasteiger partial charge is 0.387 e. The van der Waals surface area contributed by atoms with Gasteiger partial charge in [-0.3, -0.25) is 0 Å². The molecule has 1 aromatic rings. The Morgan fingerprint density at radius 3 is 2.20 bits per heavy atom. The molecule has 0 aliphatic heterocycles. The van der Waals surface area contributed by atoms with Crippen LogP contribution in [0.2, 0.25) is 0 Å². The lowest BCUT2D eigenvalue weighted by Gasteiger charge is -2.28. The van der Waals surface area contributed by atoms with Crippen molar-refractivity contribution in [3.63, 3.8) is 0 Å². The maximum Gasteiger partial charge on any atom is 0.0920 e. The third kappa shape index (κ3) is 5.23. The number of rotatable bonds is 7. The van der Waals surface area contributed by atoms with E-state index in [0.29, 0.717) is 26.0 Å². The first-order chi connectivity index (χ1) is 9.30. The van der Waals surface area contributed by atoms with E-state index in [0.717, 1.165) is 12.0 Å². The van der Waals surface area contributed by atoms with Crippen LogP contribution >= 0.6 is 0 Å². The molecular weight excluding hydrogens is 250 g/mol. The average molecular weight is 279 g/mol. The van der Waals surface area contributed by atoms with E-state index in [4.69, 9.17) is 10.5 Å². The number of methoxy groups -OCH3 is 1. The fourth-order valence-corrected chi connectivity index (χ4v) is 2.41. The van der Waals surface area contributed by atoms with E-state index in [1.807, 2.05) is 0 Å². The number of aliphatic hydroxyl groups is 1. The van der Waals surface area contributed by atoms with Crippen molar-refractivity contribution >= 4 is 0 Å². The molecule has 20 heavy (non-hydrogen) atoms. The minimum atomic E-state index is -0.822. The lowest BCUT2D eigenvalue weighted by atomic mass is 9.85. The minimum Gasteiger partial charge on any atom is -0.387 e. The van der Waals surface area contributed by atoms with Gasteiger partial charge in [-0.05, 0) is 35.9 Å². The zero-order chi connectivity index (χ0) is 15.2. The second kappa shape index (κ2) is 7.21. The highest BCUT2D eigenvalue weighted by molar-refractivity contribution is 5.28. The van der Waals surface area contributed by atoms with E-state index < -0.39 is 5.60 Å². The van der Waals surface area contributed by atoms with Gasteiger partial charge in [0.25, 0.3) is 0 Å². The summed E-state index contributed by atoms with van der Waals surface area (Å²) in [6.07, 6.45) is 2.07. The molecule has 3 N–H and O–H groups in total. The first kappa shape index (κ1) is 17.2. The van der Waals surface area contributed by atoms with Crippen LogP contribution in [0.5, 0.6) is 0 Å². The van der Waals surface area contributed by atoms with Crippen molar-refractivity contribution in [3.8, 4) is 0 Å². The maximum atomic E-state index is 10.6. The fourth-order valence-electron chi connectivity index (χ4n) is 2.41. The van der Waals surface area contributed by atoms with Crippen molar-refractivity contribution in [2.45, 2.75) is 51.0 Å². The van der Waals surface area contributed by atoms with Gasteiger partial charge in [0.1, 0.15) is 0 Å². The summed E-state index contributed by atoms with van der Waals surface area (Å²) in [5, 5.41) is 10.6. The Balaban J connectivity index is 2.78. The molecule has 0 aliphatic carbocycles. The van der Waals surface area contributed by atoms with Gasteiger partial charge in [0.2, 0.25) is 0 Å².